The lowest BCUT2D eigenvalue weighted by Gasteiger charge is -2.18. The Labute approximate surface area is 193 Å². The number of hydrogen-bond donors (Lipinski definition) is 0. The molecule has 2 nitrogen and oxygen atoms in total. The van der Waals surface area contributed by atoms with Gasteiger partial charge >= 0.3 is 0 Å². The minimum Gasteiger partial charge on any atom is -0.361 e. The standard InChI is InChI=1S/C31H23NO/c1-20-29(21(2)33-32-20)31-27-17-8-6-15-25(27)30(26-16-7-9-18-28(26)31)24-14-10-13-23(19-24)22-11-4-3-5-12-22/h3-19H,1-2H3. The Balaban J connectivity index is 1.73. The van der Waals surface area contributed by atoms with Crippen molar-refractivity contribution >= 4 is 21.5 Å². The van der Waals surface area contributed by atoms with Gasteiger partial charge in [0.1, 0.15) is 5.76 Å². The highest BCUT2D eigenvalue weighted by atomic mass is 16.5. The van der Waals surface area contributed by atoms with Gasteiger partial charge in [-0.1, -0.05) is 102 Å². The molecule has 1 heterocycles. The smallest absolute Gasteiger partial charge is 0.141 e. The SMILES string of the molecule is Cc1noc(C)c1-c1c2ccccc2c(-c2cccc(-c3ccccc3)c2)c2ccccc12. The molecule has 0 aliphatic rings. The summed E-state index contributed by atoms with van der Waals surface area (Å²) >= 11 is 0. The van der Waals surface area contributed by atoms with Gasteiger partial charge in [-0.25, -0.2) is 0 Å². The van der Waals surface area contributed by atoms with Gasteiger partial charge in [0, 0.05) is 11.1 Å². The van der Waals surface area contributed by atoms with Crippen molar-refractivity contribution in [2.24, 2.45) is 0 Å². The van der Waals surface area contributed by atoms with E-state index in [1.807, 2.05) is 13.8 Å². The predicted octanol–water partition coefficient (Wildman–Crippen LogP) is 8.60. The maximum Gasteiger partial charge on any atom is 0.141 e. The summed E-state index contributed by atoms with van der Waals surface area (Å²) in [4.78, 5) is 0. The molecule has 1 aromatic heterocycles. The van der Waals surface area contributed by atoms with Crippen molar-refractivity contribution < 1.29 is 4.52 Å². The molecule has 0 fully saturated rings. The fourth-order valence-electron chi connectivity index (χ4n) is 5.03. The van der Waals surface area contributed by atoms with Crippen LogP contribution < -0.4 is 0 Å². The Hall–Kier alpha value is -4.17. The van der Waals surface area contributed by atoms with E-state index in [2.05, 4.69) is 108 Å². The van der Waals surface area contributed by atoms with Crippen molar-refractivity contribution in [2.75, 3.05) is 0 Å². The van der Waals surface area contributed by atoms with E-state index in [0.29, 0.717) is 0 Å². The van der Waals surface area contributed by atoms with Crippen molar-refractivity contribution in [3.8, 4) is 33.4 Å². The van der Waals surface area contributed by atoms with Crippen LogP contribution in [0.5, 0.6) is 0 Å². The number of hydrogen-bond acceptors (Lipinski definition) is 2. The molecule has 0 saturated carbocycles. The van der Waals surface area contributed by atoms with Gasteiger partial charge in [0.05, 0.1) is 5.69 Å². The van der Waals surface area contributed by atoms with E-state index < -0.39 is 0 Å². The quantitative estimate of drug-likeness (QED) is 0.265. The Morgan fingerprint density at radius 2 is 1.00 bits per heavy atom. The molecule has 158 valence electrons. The summed E-state index contributed by atoms with van der Waals surface area (Å²) in [6, 6.07) is 36.8. The molecule has 0 aliphatic carbocycles. The maximum absolute atomic E-state index is 5.58. The zero-order valence-corrected chi connectivity index (χ0v) is 18.7. The van der Waals surface area contributed by atoms with E-state index in [0.717, 1.165) is 17.0 Å². The molecular weight excluding hydrogens is 402 g/mol. The lowest BCUT2D eigenvalue weighted by molar-refractivity contribution is 0.393. The Kier molecular flexibility index (Phi) is 4.58. The molecule has 0 radical (unpaired) electrons. The van der Waals surface area contributed by atoms with Crippen LogP contribution in [0.4, 0.5) is 0 Å². The highest BCUT2D eigenvalue weighted by Crippen LogP contribution is 2.45. The number of rotatable bonds is 3. The molecule has 5 aromatic carbocycles. The van der Waals surface area contributed by atoms with Crippen molar-refractivity contribution in [2.45, 2.75) is 13.8 Å². The van der Waals surface area contributed by atoms with E-state index in [9.17, 15) is 0 Å². The summed E-state index contributed by atoms with van der Waals surface area (Å²) in [6.45, 7) is 4.02. The van der Waals surface area contributed by atoms with Crippen molar-refractivity contribution in [1.82, 2.24) is 5.16 Å². The number of aromatic nitrogens is 1. The second kappa shape index (κ2) is 7.75. The summed E-state index contributed by atoms with van der Waals surface area (Å²) in [5.41, 5.74) is 8.12. The zero-order chi connectivity index (χ0) is 22.4. The number of benzene rings is 5. The largest absolute Gasteiger partial charge is 0.361 e. The second-order valence-corrected chi connectivity index (χ2v) is 8.49. The molecule has 2 heteroatoms. The van der Waals surface area contributed by atoms with Gasteiger partial charge in [0.15, 0.2) is 0 Å². The second-order valence-electron chi connectivity index (χ2n) is 8.49. The number of aryl methyl sites for hydroxylation is 2. The van der Waals surface area contributed by atoms with E-state index in [1.54, 1.807) is 0 Å². The van der Waals surface area contributed by atoms with Crippen LogP contribution in [-0.2, 0) is 0 Å². The third-order valence-corrected chi connectivity index (χ3v) is 6.47. The lowest BCUT2D eigenvalue weighted by atomic mass is 9.85. The first-order valence-corrected chi connectivity index (χ1v) is 11.2. The van der Waals surface area contributed by atoms with Gasteiger partial charge in [-0.2, -0.15) is 0 Å². The van der Waals surface area contributed by atoms with Crippen LogP contribution in [0, 0.1) is 13.8 Å². The third kappa shape index (κ3) is 3.15. The molecule has 0 unspecified atom stereocenters. The van der Waals surface area contributed by atoms with Gasteiger partial charge in [0.25, 0.3) is 0 Å². The molecule has 6 aromatic rings. The van der Waals surface area contributed by atoms with Crippen molar-refractivity contribution in [1.29, 1.82) is 0 Å². The number of fused-ring (bicyclic) bond motifs is 2. The first-order valence-electron chi connectivity index (χ1n) is 11.2. The van der Waals surface area contributed by atoms with Gasteiger partial charge in [-0.05, 0) is 63.7 Å². The van der Waals surface area contributed by atoms with Crippen LogP contribution in [-0.4, -0.2) is 5.16 Å². The Morgan fingerprint density at radius 3 is 1.58 bits per heavy atom. The average Bonchev–Trinajstić information content (AvgIpc) is 3.20. The summed E-state index contributed by atoms with van der Waals surface area (Å²) in [7, 11) is 0. The molecule has 6 rings (SSSR count). The molecule has 33 heavy (non-hydrogen) atoms. The van der Waals surface area contributed by atoms with E-state index in [-0.39, 0.29) is 0 Å². The Bertz CT molecular complexity index is 1550. The summed E-state index contributed by atoms with van der Waals surface area (Å²) in [6.07, 6.45) is 0. The van der Waals surface area contributed by atoms with Gasteiger partial charge in [-0.15, -0.1) is 0 Å². The Morgan fingerprint density at radius 1 is 0.485 bits per heavy atom. The lowest BCUT2D eigenvalue weighted by Crippen LogP contribution is -1.92. The van der Waals surface area contributed by atoms with E-state index in [4.69, 9.17) is 4.52 Å². The molecule has 0 saturated heterocycles. The minimum atomic E-state index is 0.849. The van der Waals surface area contributed by atoms with Gasteiger partial charge in [0.2, 0.25) is 0 Å². The monoisotopic (exact) mass is 425 g/mol. The highest BCUT2D eigenvalue weighted by molar-refractivity contribution is 6.21. The van der Waals surface area contributed by atoms with Gasteiger partial charge in [-0.3, -0.25) is 0 Å². The highest BCUT2D eigenvalue weighted by Gasteiger charge is 2.21. The van der Waals surface area contributed by atoms with Crippen LogP contribution >= 0.6 is 0 Å². The molecular formula is C31H23NO. The summed E-state index contributed by atoms with van der Waals surface area (Å²) in [5.74, 6) is 0.849. The average molecular weight is 426 g/mol. The fraction of sp³-hybridized carbons (Fsp3) is 0.0645. The third-order valence-electron chi connectivity index (χ3n) is 6.47. The molecule has 0 atom stereocenters. The summed E-state index contributed by atoms with van der Waals surface area (Å²) < 4.78 is 5.58. The van der Waals surface area contributed by atoms with Gasteiger partial charge < -0.3 is 4.52 Å². The molecule has 0 N–H and O–H groups in total. The fourth-order valence-corrected chi connectivity index (χ4v) is 5.03. The topological polar surface area (TPSA) is 26.0 Å². The molecule has 0 amide bonds. The van der Waals surface area contributed by atoms with E-state index >= 15 is 0 Å². The van der Waals surface area contributed by atoms with E-state index in [1.165, 1.54) is 49.4 Å². The number of nitrogens with zero attached hydrogens (tertiary/aromatic N) is 1. The van der Waals surface area contributed by atoms with Crippen LogP contribution in [0.25, 0.3) is 54.9 Å². The van der Waals surface area contributed by atoms with Crippen LogP contribution in [0.1, 0.15) is 11.5 Å². The molecule has 0 spiro atoms. The van der Waals surface area contributed by atoms with Crippen LogP contribution in [0.2, 0.25) is 0 Å². The zero-order valence-electron chi connectivity index (χ0n) is 18.7. The summed E-state index contributed by atoms with van der Waals surface area (Å²) in [5, 5.41) is 9.15. The molecule has 0 aliphatic heterocycles. The normalized spacial score (nSPS) is 11.3. The predicted molar refractivity (Wildman–Crippen MR) is 137 cm³/mol. The minimum absolute atomic E-state index is 0.849. The van der Waals surface area contributed by atoms with Crippen LogP contribution in [0.15, 0.2) is 108 Å². The van der Waals surface area contributed by atoms with Crippen LogP contribution in [0.3, 0.4) is 0 Å². The first-order chi connectivity index (χ1) is 16.2. The van der Waals surface area contributed by atoms with Crippen molar-refractivity contribution in [3.63, 3.8) is 0 Å². The molecule has 0 bridgehead atoms. The first kappa shape index (κ1) is 19.5. The maximum atomic E-state index is 5.58. The van der Waals surface area contributed by atoms with Crippen molar-refractivity contribution in [3.05, 3.63) is 115 Å².